The number of allylic oxidation sites excluding steroid dienone is 4. The van der Waals surface area contributed by atoms with Crippen LogP contribution in [0, 0.1) is 0 Å². The third-order valence-electron chi connectivity index (χ3n) is 9.21. The second-order valence-electron chi connectivity index (χ2n) is 14.3. The van der Waals surface area contributed by atoms with Gasteiger partial charge in [0.2, 0.25) is 0 Å². The highest BCUT2D eigenvalue weighted by Crippen LogP contribution is 2.14. The van der Waals surface area contributed by atoms with Crippen LogP contribution in [-0.4, -0.2) is 37.2 Å². The van der Waals surface area contributed by atoms with Crippen molar-refractivity contribution in [3.05, 3.63) is 24.3 Å². The zero-order valence-electron chi connectivity index (χ0n) is 33.2. The average Bonchev–Trinajstić information content (AvgIpc) is 3.11. The fourth-order valence-corrected chi connectivity index (χ4v) is 5.93. The lowest BCUT2D eigenvalue weighted by Crippen LogP contribution is -2.30. The van der Waals surface area contributed by atoms with Crippen LogP contribution in [0.15, 0.2) is 24.3 Å². The third kappa shape index (κ3) is 37.2. The molecule has 0 aromatic carbocycles. The standard InChI is InChI=1S/C44H80O6/c1-4-7-10-13-15-17-19-21-23-24-26-28-31-34-37-43(46)49-40-41(39-48-42(45)36-33-30-12-9-6-3)50-44(47)38-35-32-29-27-25-22-20-18-16-14-11-8-5-2/h13,15,19,21,41H,4-12,14,16-18,20,22-40H2,1-3H3/b15-13-,21-19-. The summed E-state index contributed by atoms with van der Waals surface area (Å²) in [6.45, 7) is 6.49. The molecular weight excluding hydrogens is 624 g/mol. The maximum Gasteiger partial charge on any atom is 0.306 e. The lowest BCUT2D eigenvalue weighted by atomic mass is 10.0. The van der Waals surface area contributed by atoms with E-state index in [1.807, 2.05) is 0 Å². The normalized spacial score (nSPS) is 12.1. The van der Waals surface area contributed by atoms with Gasteiger partial charge in [-0.1, -0.05) is 180 Å². The molecule has 0 rings (SSSR count). The van der Waals surface area contributed by atoms with E-state index in [1.54, 1.807) is 0 Å². The van der Waals surface area contributed by atoms with E-state index in [9.17, 15) is 14.4 Å². The van der Waals surface area contributed by atoms with Crippen LogP contribution in [0.3, 0.4) is 0 Å². The molecule has 0 aromatic rings. The van der Waals surface area contributed by atoms with Crippen molar-refractivity contribution in [3.8, 4) is 0 Å². The number of carbonyl (C=O) groups excluding carboxylic acids is 3. The van der Waals surface area contributed by atoms with Gasteiger partial charge in [-0.2, -0.15) is 0 Å². The van der Waals surface area contributed by atoms with Crippen LogP contribution >= 0.6 is 0 Å². The number of rotatable bonds is 38. The molecule has 1 unspecified atom stereocenters. The maximum atomic E-state index is 12.6. The van der Waals surface area contributed by atoms with Crippen LogP contribution in [0.4, 0.5) is 0 Å². The van der Waals surface area contributed by atoms with Gasteiger partial charge < -0.3 is 14.2 Å². The number of esters is 3. The minimum absolute atomic E-state index is 0.0744. The van der Waals surface area contributed by atoms with E-state index in [-0.39, 0.29) is 31.1 Å². The van der Waals surface area contributed by atoms with Gasteiger partial charge >= 0.3 is 17.9 Å². The maximum absolute atomic E-state index is 12.6. The summed E-state index contributed by atoms with van der Waals surface area (Å²) in [5.41, 5.74) is 0. The van der Waals surface area contributed by atoms with Crippen LogP contribution < -0.4 is 0 Å². The van der Waals surface area contributed by atoms with Crippen molar-refractivity contribution < 1.29 is 28.6 Å². The summed E-state index contributed by atoms with van der Waals surface area (Å²) in [5, 5.41) is 0. The molecule has 0 aliphatic heterocycles. The Balaban J connectivity index is 4.26. The van der Waals surface area contributed by atoms with E-state index in [4.69, 9.17) is 14.2 Å². The molecule has 0 bridgehead atoms. The SMILES string of the molecule is CCCC/C=C\C/C=C\CCCCCCCC(=O)OCC(COC(=O)CCCCCCC)OC(=O)CCCCCCCCCCCCCCC. The molecule has 0 aliphatic rings. The van der Waals surface area contributed by atoms with E-state index in [0.29, 0.717) is 19.3 Å². The highest BCUT2D eigenvalue weighted by molar-refractivity contribution is 5.71. The molecule has 0 fully saturated rings. The lowest BCUT2D eigenvalue weighted by molar-refractivity contribution is -0.167. The minimum atomic E-state index is -0.766. The summed E-state index contributed by atoms with van der Waals surface area (Å²) in [6.07, 6.45) is 41.8. The summed E-state index contributed by atoms with van der Waals surface area (Å²) in [4.78, 5) is 37.4. The van der Waals surface area contributed by atoms with Gasteiger partial charge in [0.15, 0.2) is 6.10 Å². The van der Waals surface area contributed by atoms with E-state index in [1.165, 1.54) is 96.3 Å². The molecule has 0 spiro atoms. The molecule has 0 aliphatic carbocycles. The molecule has 0 N–H and O–H groups in total. The zero-order valence-corrected chi connectivity index (χ0v) is 33.2. The summed E-state index contributed by atoms with van der Waals surface area (Å²) in [5.74, 6) is -0.900. The molecule has 0 saturated carbocycles. The van der Waals surface area contributed by atoms with Crippen LogP contribution in [0.1, 0.15) is 220 Å². The second-order valence-corrected chi connectivity index (χ2v) is 14.3. The molecule has 0 heterocycles. The number of carbonyl (C=O) groups is 3. The third-order valence-corrected chi connectivity index (χ3v) is 9.21. The van der Waals surface area contributed by atoms with Gasteiger partial charge in [0, 0.05) is 19.3 Å². The van der Waals surface area contributed by atoms with Gasteiger partial charge in [-0.15, -0.1) is 0 Å². The Morgan fingerprint density at radius 1 is 0.400 bits per heavy atom. The number of hydrogen-bond donors (Lipinski definition) is 0. The Morgan fingerprint density at radius 3 is 1.16 bits per heavy atom. The minimum Gasteiger partial charge on any atom is -0.462 e. The summed E-state index contributed by atoms with van der Waals surface area (Å²) >= 11 is 0. The molecular formula is C44H80O6. The second kappa shape index (κ2) is 39.7. The van der Waals surface area contributed by atoms with Crippen LogP contribution in [-0.2, 0) is 28.6 Å². The van der Waals surface area contributed by atoms with E-state index < -0.39 is 6.10 Å². The highest BCUT2D eigenvalue weighted by Gasteiger charge is 2.19. The highest BCUT2D eigenvalue weighted by atomic mass is 16.6. The van der Waals surface area contributed by atoms with Crippen molar-refractivity contribution in [3.63, 3.8) is 0 Å². The van der Waals surface area contributed by atoms with E-state index >= 15 is 0 Å². The quantitative estimate of drug-likeness (QED) is 0.0275. The van der Waals surface area contributed by atoms with Crippen molar-refractivity contribution in [2.45, 2.75) is 226 Å². The van der Waals surface area contributed by atoms with Crippen LogP contribution in [0.25, 0.3) is 0 Å². The van der Waals surface area contributed by atoms with Gasteiger partial charge in [-0.3, -0.25) is 14.4 Å². The van der Waals surface area contributed by atoms with Gasteiger partial charge in [0.05, 0.1) is 0 Å². The number of hydrogen-bond acceptors (Lipinski definition) is 6. The largest absolute Gasteiger partial charge is 0.462 e. The molecule has 0 aromatic heterocycles. The Bertz CT molecular complexity index is 819. The summed E-state index contributed by atoms with van der Waals surface area (Å²) in [7, 11) is 0. The number of unbranched alkanes of at least 4 members (excludes halogenated alkanes) is 23. The Hall–Kier alpha value is -2.11. The molecule has 1 atom stereocenters. The van der Waals surface area contributed by atoms with E-state index in [0.717, 1.165) is 83.5 Å². The first-order valence-corrected chi connectivity index (χ1v) is 21.3. The fourth-order valence-electron chi connectivity index (χ4n) is 5.93. The molecule has 0 radical (unpaired) electrons. The van der Waals surface area contributed by atoms with Crippen molar-refractivity contribution in [1.82, 2.24) is 0 Å². The van der Waals surface area contributed by atoms with Gasteiger partial charge in [-0.05, 0) is 44.9 Å². The first-order chi connectivity index (χ1) is 24.5. The van der Waals surface area contributed by atoms with E-state index in [2.05, 4.69) is 45.1 Å². The first kappa shape index (κ1) is 47.9. The molecule has 6 nitrogen and oxygen atoms in total. The first-order valence-electron chi connectivity index (χ1n) is 21.3. The Morgan fingerprint density at radius 2 is 0.740 bits per heavy atom. The topological polar surface area (TPSA) is 78.9 Å². The fraction of sp³-hybridized carbons (Fsp3) is 0.841. The van der Waals surface area contributed by atoms with Crippen molar-refractivity contribution >= 4 is 17.9 Å². The number of ether oxygens (including phenoxy) is 3. The van der Waals surface area contributed by atoms with Crippen molar-refractivity contribution in [2.24, 2.45) is 0 Å². The van der Waals surface area contributed by atoms with Crippen LogP contribution in [0.2, 0.25) is 0 Å². The summed E-state index contributed by atoms with van der Waals surface area (Å²) < 4.78 is 16.6. The predicted molar refractivity (Wildman–Crippen MR) is 210 cm³/mol. The van der Waals surface area contributed by atoms with Crippen molar-refractivity contribution in [1.29, 1.82) is 0 Å². The van der Waals surface area contributed by atoms with Crippen LogP contribution in [0.5, 0.6) is 0 Å². The van der Waals surface area contributed by atoms with Crippen molar-refractivity contribution in [2.75, 3.05) is 13.2 Å². The van der Waals surface area contributed by atoms with Gasteiger partial charge in [0.25, 0.3) is 0 Å². The Labute approximate surface area is 309 Å². The zero-order chi connectivity index (χ0) is 36.6. The smallest absolute Gasteiger partial charge is 0.306 e. The molecule has 0 amide bonds. The van der Waals surface area contributed by atoms with Gasteiger partial charge in [-0.25, -0.2) is 0 Å². The lowest BCUT2D eigenvalue weighted by Gasteiger charge is -2.18. The molecule has 6 heteroatoms. The molecule has 0 saturated heterocycles. The molecule has 292 valence electrons. The average molecular weight is 705 g/mol. The molecule has 50 heavy (non-hydrogen) atoms. The Kier molecular flexibility index (Phi) is 38.0. The predicted octanol–water partition coefficient (Wildman–Crippen LogP) is 13.2. The van der Waals surface area contributed by atoms with Gasteiger partial charge in [0.1, 0.15) is 13.2 Å². The summed E-state index contributed by atoms with van der Waals surface area (Å²) in [6, 6.07) is 0. The monoisotopic (exact) mass is 705 g/mol.